The summed E-state index contributed by atoms with van der Waals surface area (Å²) in [4.78, 5) is 21.3. The van der Waals surface area contributed by atoms with Crippen LogP contribution in [-0.2, 0) is 0 Å². The van der Waals surface area contributed by atoms with Crippen molar-refractivity contribution in [3.63, 3.8) is 0 Å². The number of para-hydroxylation sites is 2. The highest BCUT2D eigenvalue weighted by atomic mass is 16.5. The van der Waals surface area contributed by atoms with Crippen molar-refractivity contribution in [2.24, 2.45) is 0 Å². The molecular formula is C20H20N4O3. The first-order valence-corrected chi connectivity index (χ1v) is 8.30. The number of hydrogen-bond acceptors (Lipinski definition) is 6. The summed E-state index contributed by atoms with van der Waals surface area (Å²) in [6, 6.07) is 16.2. The summed E-state index contributed by atoms with van der Waals surface area (Å²) in [6.07, 6.45) is 0. The van der Waals surface area contributed by atoms with E-state index in [0.717, 1.165) is 5.69 Å². The Balaban J connectivity index is 1.83. The van der Waals surface area contributed by atoms with Crippen LogP contribution >= 0.6 is 0 Å². The Labute approximate surface area is 157 Å². The summed E-state index contributed by atoms with van der Waals surface area (Å²) in [5, 5.41) is 5.91. The maximum Gasteiger partial charge on any atom is 0.274 e. The van der Waals surface area contributed by atoms with Crippen molar-refractivity contribution in [2.75, 3.05) is 24.9 Å². The third kappa shape index (κ3) is 4.52. The molecule has 0 unspecified atom stereocenters. The zero-order valence-corrected chi connectivity index (χ0v) is 15.3. The molecule has 0 spiro atoms. The van der Waals surface area contributed by atoms with Gasteiger partial charge in [0.05, 0.1) is 19.9 Å². The van der Waals surface area contributed by atoms with Gasteiger partial charge in [-0.3, -0.25) is 4.79 Å². The van der Waals surface area contributed by atoms with E-state index >= 15 is 0 Å². The van der Waals surface area contributed by atoms with Gasteiger partial charge in [0, 0.05) is 17.4 Å². The monoisotopic (exact) mass is 364 g/mol. The smallest absolute Gasteiger partial charge is 0.274 e. The van der Waals surface area contributed by atoms with Gasteiger partial charge in [-0.05, 0) is 37.3 Å². The van der Waals surface area contributed by atoms with E-state index in [1.165, 1.54) is 0 Å². The molecule has 3 aromatic rings. The standard InChI is InChI=1S/C20H20N4O3/c1-13-11-17(19(25)23-16-9-4-5-10-18(16)27-3)24-20(21-13)22-14-7-6-8-15(12-14)26-2/h4-12H,1-3H3,(H,23,25)(H,21,22,24). The fourth-order valence-corrected chi connectivity index (χ4v) is 2.50. The second kappa shape index (κ2) is 8.18. The van der Waals surface area contributed by atoms with Gasteiger partial charge < -0.3 is 20.1 Å². The molecule has 0 radical (unpaired) electrons. The Morgan fingerprint density at radius 1 is 0.963 bits per heavy atom. The van der Waals surface area contributed by atoms with Crippen LogP contribution in [0.4, 0.5) is 17.3 Å². The molecule has 3 rings (SSSR count). The Bertz CT molecular complexity index is 959. The minimum Gasteiger partial charge on any atom is -0.497 e. The molecule has 27 heavy (non-hydrogen) atoms. The Morgan fingerprint density at radius 2 is 1.78 bits per heavy atom. The van der Waals surface area contributed by atoms with Crippen LogP contribution < -0.4 is 20.1 Å². The molecule has 1 aromatic heterocycles. The van der Waals surface area contributed by atoms with Crippen LogP contribution in [0, 0.1) is 6.92 Å². The van der Waals surface area contributed by atoms with Crippen molar-refractivity contribution in [3.05, 3.63) is 66.0 Å². The van der Waals surface area contributed by atoms with E-state index < -0.39 is 0 Å². The molecule has 138 valence electrons. The first-order valence-electron chi connectivity index (χ1n) is 8.30. The predicted molar refractivity (Wildman–Crippen MR) is 104 cm³/mol. The number of amides is 1. The minimum absolute atomic E-state index is 0.249. The Kier molecular flexibility index (Phi) is 5.51. The third-order valence-electron chi connectivity index (χ3n) is 3.77. The summed E-state index contributed by atoms with van der Waals surface area (Å²) in [5.74, 6) is 1.26. The number of aryl methyl sites for hydroxylation is 1. The van der Waals surface area contributed by atoms with E-state index in [9.17, 15) is 4.79 Å². The lowest BCUT2D eigenvalue weighted by Gasteiger charge is -2.11. The summed E-state index contributed by atoms with van der Waals surface area (Å²) in [7, 11) is 3.15. The number of anilines is 3. The largest absolute Gasteiger partial charge is 0.497 e. The number of aromatic nitrogens is 2. The topological polar surface area (TPSA) is 85.4 Å². The molecule has 0 aliphatic heterocycles. The van der Waals surface area contributed by atoms with Crippen LogP contribution in [0.1, 0.15) is 16.2 Å². The normalized spacial score (nSPS) is 10.2. The zero-order chi connectivity index (χ0) is 19.2. The Hall–Kier alpha value is -3.61. The summed E-state index contributed by atoms with van der Waals surface area (Å²) >= 11 is 0. The minimum atomic E-state index is -0.348. The number of nitrogens with zero attached hydrogens (tertiary/aromatic N) is 2. The molecule has 0 atom stereocenters. The number of methoxy groups -OCH3 is 2. The van der Waals surface area contributed by atoms with E-state index in [4.69, 9.17) is 9.47 Å². The number of ether oxygens (including phenoxy) is 2. The maximum atomic E-state index is 12.6. The van der Waals surface area contributed by atoms with Crippen molar-refractivity contribution in [1.82, 2.24) is 9.97 Å². The molecule has 1 heterocycles. The lowest BCUT2D eigenvalue weighted by Crippen LogP contribution is -2.16. The molecule has 0 aliphatic rings. The van der Waals surface area contributed by atoms with Crippen molar-refractivity contribution in [3.8, 4) is 11.5 Å². The first-order chi connectivity index (χ1) is 13.1. The van der Waals surface area contributed by atoms with Gasteiger partial charge in [-0.1, -0.05) is 18.2 Å². The third-order valence-corrected chi connectivity index (χ3v) is 3.77. The van der Waals surface area contributed by atoms with E-state index in [1.54, 1.807) is 39.3 Å². The van der Waals surface area contributed by atoms with E-state index in [2.05, 4.69) is 20.6 Å². The maximum absolute atomic E-state index is 12.6. The molecule has 1 amide bonds. The summed E-state index contributed by atoms with van der Waals surface area (Å²) in [5.41, 5.74) is 2.25. The molecule has 7 heteroatoms. The van der Waals surface area contributed by atoms with Crippen LogP contribution in [0.5, 0.6) is 11.5 Å². The van der Waals surface area contributed by atoms with Gasteiger partial charge in [0.15, 0.2) is 0 Å². The van der Waals surface area contributed by atoms with E-state index in [1.807, 2.05) is 36.4 Å². The number of rotatable bonds is 6. The number of hydrogen-bond donors (Lipinski definition) is 2. The second-order valence-corrected chi connectivity index (χ2v) is 5.73. The van der Waals surface area contributed by atoms with Crippen LogP contribution in [0.3, 0.4) is 0 Å². The fraction of sp³-hybridized carbons (Fsp3) is 0.150. The van der Waals surface area contributed by atoms with E-state index in [-0.39, 0.29) is 11.6 Å². The molecule has 2 N–H and O–H groups in total. The highest BCUT2D eigenvalue weighted by molar-refractivity contribution is 6.03. The van der Waals surface area contributed by atoms with Gasteiger partial charge in [0.2, 0.25) is 5.95 Å². The molecule has 2 aromatic carbocycles. The zero-order valence-electron chi connectivity index (χ0n) is 15.3. The van der Waals surface area contributed by atoms with Gasteiger partial charge >= 0.3 is 0 Å². The van der Waals surface area contributed by atoms with E-state index in [0.29, 0.717) is 28.8 Å². The quantitative estimate of drug-likeness (QED) is 0.692. The molecule has 0 fully saturated rings. The van der Waals surface area contributed by atoms with Gasteiger partial charge in [0.25, 0.3) is 5.91 Å². The van der Waals surface area contributed by atoms with Gasteiger partial charge in [-0.25, -0.2) is 9.97 Å². The number of benzene rings is 2. The van der Waals surface area contributed by atoms with Gasteiger partial charge in [-0.2, -0.15) is 0 Å². The molecule has 7 nitrogen and oxygen atoms in total. The van der Waals surface area contributed by atoms with Crippen LogP contribution in [0.25, 0.3) is 0 Å². The van der Waals surface area contributed by atoms with Crippen LogP contribution in [0.2, 0.25) is 0 Å². The average molecular weight is 364 g/mol. The van der Waals surface area contributed by atoms with Crippen molar-refractivity contribution in [2.45, 2.75) is 6.92 Å². The molecule has 0 aliphatic carbocycles. The van der Waals surface area contributed by atoms with Crippen molar-refractivity contribution in [1.29, 1.82) is 0 Å². The predicted octanol–water partition coefficient (Wildman–Crippen LogP) is 3.80. The number of nitrogens with one attached hydrogen (secondary N) is 2. The van der Waals surface area contributed by atoms with Crippen LogP contribution in [0.15, 0.2) is 54.6 Å². The molecule has 0 saturated carbocycles. The summed E-state index contributed by atoms with van der Waals surface area (Å²) < 4.78 is 10.5. The fourth-order valence-electron chi connectivity index (χ4n) is 2.50. The van der Waals surface area contributed by atoms with Gasteiger partial charge in [-0.15, -0.1) is 0 Å². The Morgan fingerprint density at radius 3 is 2.56 bits per heavy atom. The highest BCUT2D eigenvalue weighted by Crippen LogP contribution is 2.24. The number of carbonyl (C=O) groups excluding carboxylic acids is 1. The highest BCUT2D eigenvalue weighted by Gasteiger charge is 2.13. The van der Waals surface area contributed by atoms with Crippen LogP contribution in [-0.4, -0.2) is 30.1 Å². The lowest BCUT2D eigenvalue weighted by atomic mass is 10.2. The average Bonchev–Trinajstić information content (AvgIpc) is 2.68. The van der Waals surface area contributed by atoms with Gasteiger partial charge in [0.1, 0.15) is 17.2 Å². The first kappa shape index (κ1) is 18.2. The summed E-state index contributed by atoms with van der Waals surface area (Å²) in [6.45, 7) is 1.80. The second-order valence-electron chi connectivity index (χ2n) is 5.73. The SMILES string of the molecule is COc1cccc(Nc2nc(C)cc(C(=O)Nc3ccccc3OC)n2)c1. The molecule has 0 saturated heterocycles. The lowest BCUT2D eigenvalue weighted by molar-refractivity contribution is 0.102. The molecule has 0 bridgehead atoms. The number of carbonyl (C=O) groups is 1. The van der Waals surface area contributed by atoms with Crippen molar-refractivity contribution >= 4 is 23.2 Å². The molecular weight excluding hydrogens is 344 g/mol. The van der Waals surface area contributed by atoms with Crippen molar-refractivity contribution < 1.29 is 14.3 Å².